The third kappa shape index (κ3) is 2.40. The summed E-state index contributed by atoms with van der Waals surface area (Å²) >= 11 is 0. The van der Waals surface area contributed by atoms with E-state index in [-0.39, 0.29) is 0 Å². The summed E-state index contributed by atoms with van der Waals surface area (Å²) in [6.45, 7) is -0.723. The van der Waals surface area contributed by atoms with Crippen LogP contribution in [0.25, 0.3) is 0 Å². The molecular formula is C18H19NO5. The molecule has 2 aromatic carbocycles. The summed E-state index contributed by atoms with van der Waals surface area (Å²) in [5.74, 6) is -0.830. The Morgan fingerprint density at radius 2 is 1.58 bits per heavy atom. The van der Waals surface area contributed by atoms with Crippen molar-refractivity contribution in [1.82, 2.24) is 4.90 Å². The molecule has 1 aliphatic rings. The van der Waals surface area contributed by atoms with E-state index in [0.29, 0.717) is 11.1 Å². The minimum atomic E-state index is -2.05. The zero-order valence-corrected chi connectivity index (χ0v) is 12.9. The van der Waals surface area contributed by atoms with Crippen LogP contribution in [-0.2, 0) is 10.4 Å². The van der Waals surface area contributed by atoms with Crippen LogP contribution in [0, 0.1) is 0 Å². The van der Waals surface area contributed by atoms with Crippen LogP contribution in [0.3, 0.4) is 0 Å². The van der Waals surface area contributed by atoms with Crippen molar-refractivity contribution in [2.75, 3.05) is 6.73 Å². The molecule has 24 heavy (non-hydrogen) atoms. The molecule has 1 fully saturated rings. The first kappa shape index (κ1) is 16.6. The van der Waals surface area contributed by atoms with Gasteiger partial charge in [0.15, 0.2) is 6.10 Å². The Kier molecular flexibility index (Phi) is 4.38. The van der Waals surface area contributed by atoms with Crippen LogP contribution >= 0.6 is 0 Å². The molecule has 126 valence electrons. The molecule has 1 aliphatic heterocycles. The normalized spacial score (nSPS) is 28.2. The molecule has 0 radical (unpaired) electrons. The predicted octanol–water partition coefficient (Wildman–Crippen LogP) is 0.129. The lowest BCUT2D eigenvalue weighted by Crippen LogP contribution is -2.50. The van der Waals surface area contributed by atoms with E-state index in [2.05, 4.69) is 0 Å². The van der Waals surface area contributed by atoms with Crippen molar-refractivity contribution >= 4 is 5.91 Å². The SMILES string of the molecule is O=C1[C@@H](O)[C@](O)(c2ccccc2)[C@H]([C@@H](O)c2ccccc2)N1CO. The number of benzene rings is 2. The number of likely N-dealkylation sites (tertiary alicyclic amines) is 1. The minimum Gasteiger partial charge on any atom is -0.386 e. The summed E-state index contributed by atoms with van der Waals surface area (Å²) in [5, 5.41) is 41.9. The van der Waals surface area contributed by atoms with Gasteiger partial charge in [-0.15, -0.1) is 0 Å². The van der Waals surface area contributed by atoms with Crippen LogP contribution in [0.4, 0.5) is 0 Å². The Morgan fingerprint density at radius 1 is 1.04 bits per heavy atom. The van der Waals surface area contributed by atoms with E-state index in [1.165, 1.54) is 0 Å². The highest BCUT2D eigenvalue weighted by Crippen LogP contribution is 2.44. The lowest BCUT2D eigenvalue weighted by molar-refractivity contribution is -0.141. The van der Waals surface area contributed by atoms with Crippen molar-refractivity contribution in [3.8, 4) is 0 Å². The topological polar surface area (TPSA) is 101 Å². The van der Waals surface area contributed by atoms with Crippen molar-refractivity contribution in [3.63, 3.8) is 0 Å². The van der Waals surface area contributed by atoms with E-state index >= 15 is 0 Å². The maximum atomic E-state index is 12.3. The van der Waals surface area contributed by atoms with E-state index in [0.717, 1.165) is 4.90 Å². The third-order valence-corrected chi connectivity index (χ3v) is 4.55. The number of hydrogen-bond donors (Lipinski definition) is 4. The Morgan fingerprint density at radius 3 is 2.12 bits per heavy atom. The fourth-order valence-corrected chi connectivity index (χ4v) is 3.32. The maximum Gasteiger partial charge on any atom is 0.257 e. The molecule has 1 amide bonds. The zero-order valence-electron chi connectivity index (χ0n) is 12.9. The number of hydrogen-bond acceptors (Lipinski definition) is 5. The quantitative estimate of drug-likeness (QED) is 0.639. The number of amides is 1. The van der Waals surface area contributed by atoms with Gasteiger partial charge in [-0.1, -0.05) is 60.7 Å². The lowest BCUT2D eigenvalue weighted by atomic mass is 9.80. The smallest absolute Gasteiger partial charge is 0.257 e. The van der Waals surface area contributed by atoms with Gasteiger partial charge in [0.2, 0.25) is 0 Å². The molecule has 0 aromatic heterocycles. The number of aliphatic hydroxyl groups is 4. The molecule has 4 atom stereocenters. The average molecular weight is 329 g/mol. The first-order valence-electron chi connectivity index (χ1n) is 7.62. The second-order valence-corrected chi connectivity index (χ2v) is 5.84. The lowest BCUT2D eigenvalue weighted by Gasteiger charge is -2.37. The van der Waals surface area contributed by atoms with E-state index in [1.54, 1.807) is 60.7 Å². The summed E-state index contributed by atoms with van der Waals surface area (Å²) < 4.78 is 0. The first-order chi connectivity index (χ1) is 11.5. The Balaban J connectivity index is 2.12. The third-order valence-electron chi connectivity index (χ3n) is 4.55. The standard InChI is InChI=1S/C18H19NO5/c20-11-19-15(14(21)12-7-3-1-4-8-12)18(24,16(22)17(19)23)13-9-5-2-6-10-13/h1-10,14-16,20-22,24H,11H2/t14-,15-,16+,18-/m0/s1. The van der Waals surface area contributed by atoms with E-state index in [4.69, 9.17) is 0 Å². The van der Waals surface area contributed by atoms with E-state index in [9.17, 15) is 25.2 Å². The van der Waals surface area contributed by atoms with Gasteiger partial charge in [-0.2, -0.15) is 0 Å². The Bertz CT molecular complexity index is 708. The number of aliphatic hydroxyl groups excluding tert-OH is 3. The molecule has 2 aromatic rings. The minimum absolute atomic E-state index is 0.293. The van der Waals surface area contributed by atoms with Crippen molar-refractivity contribution in [1.29, 1.82) is 0 Å². The summed E-state index contributed by atoms with van der Waals surface area (Å²) in [4.78, 5) is 13.2. The van der Waals surface area contributed by atoms with Gasteiger partial charge >= 0.3 is 0 Å². The van der Waals surface area contributed by atoms with Crippen LogP contribution in [0.1, 0.15) is 17.2 Å². The van der Waals surface area contributed by atoms with Gasteiger partial charge in [0, 0.05) is 0 Å². The van der Waals surface area contributed by atoms with Crippen LogP contribution in [0.2, 0.25) is 0 Å². The molecule has 0 unspecified atom stereocenters. The summed E-state index contributed by atoms with van der Waals surface area (Å²) in [6, 6.07) is 15.5. The molecule has 0 bridgehead atoms. The van der Waals surface area contributed by atoms with Gasteiger partial charge in [0.05, 0.1) is 0 Å². The van der Waals surface area contributed by atoms with Crippen molar-refractivity contribution in [2.45, 2.75) is 23.9 Å². The highest BCUT2D eigenvalue weighted by molar-refractivity contribution is 5.86. The van der Waals surface area contributed by atoms with Crippen LogP contribution in [0.5, 0.6) is 0 Å². The van der Waals surface area contributed by atoms with Crippen molar-refractivity contribution in [2.24, 2.45) is 0 Å². The Labute approximate surface area is 139 Å². The summed E-state index contributed by atoms with van der Waals surface area (Å²) in [6.07, 6.45) is -3.07. The van der Waals surface area contributed by atoms with Crippen LogP contribution in [-0.4, -0.2) is 50.1 Å². The van der Waals surface area contributed by atoms with Gasteiger partial charge in [-0.05, 0) is 11.1 Å². The van der Waals surface area contributed by atoms with Crippen LogP contribution in [0.15, 0.2) is 60.7 Å². The molecular weight excluding hydrogens is 310 g/mol. The summed E-state index contributed by atoms with van der Waals surface area (Å²) in [5.41, 5.74) is -1.28. The molecule has 3 rings (SSSR count). The number of nitrogens with zero attached hydrogens (tertiary/aromatic N) is 1. The largest absolute Gasteiger partial charge is 0.386 e. The molecule has 6 nitrogen and oxygen atoms in total. The Hall–Kier alpha value is -2.25. The average Bonchev–Trinajstić information content (AvgIpc) is 2.84. The number of rotatable bonds is 4. The fourth-order valence-electron chi connectivity index (χ4n) is 3.32. The second kappa shape index (κ2) is 6.33. The van der Waals surface area contributed by atoms with Gasteiger partial charge in [0.25, 0.3) is 5.91 Å². The highest BCUT2D eigenvalue weighted by Gasteiger charge is 2.61. The van der Waals surface area contributed by atoms with E-state index < -0.39 is 36.5 Å². The van der Waals surface area contributed by atoms with Gasteiger partial charge in [0.1, 0.15) is 24.5 Å². The molecule has 0 spiro atoms. The van der Waals surface area contributed by atoms with Crippen LogP contribution < -0.4 is 0 Å². The molecule has 1 saturated heterocycles. The van der Waals surface area contributed by atoms with E-state index in [1.807, 2.05) is 0 Å². The predicted molar refractivity (Wildman–Crippen MR) is 85.5 cm³/mol. The molecule has 0 aliphatic carbocycles. The zero-order chi connectivity index (χ0) is 17.3. The second-order valence-electron chi connectivity index (χ2n) is 5.84. The highest BCUT2D eigenvalue weighted by atomic mass is 16.4. The summed E-state index contributed by atoms with van der Waals surface area (Å²) in [7, 11) is 0. The van der Waals surface area contributed by atoms with Gasteiger partial charge < -0.3 is 25.3 Å². The first-order valence-corrected chi connectivity index (χ1v) is 7.62. The fraction of sp³-hybridized carbons (Fsp3) is 0.278. The maximum absolute atomic E-state index is 12.3. The molecule has 0 saturated carbocycles. The number of carbonyl (C=O) groups excluding carboxylic acids is 1. The number of carbonyl (C=O) groups is 1. The molecule has 6 heteroatoms. The van der Waals surface area contributed by atoms with Crippen molar-refractivity contribution < 1.29 is 25.2 Å². The van der Waals surface area contributed by atoms with Gasteiger partial charge in [-0.25, -0.2) is 0 Å². The monoisotopic (exact) mass is 329 g/mol. The molecule has 4 N–H and O–H groups in total. The van der Waals surface area contributed by atoms with Crippen molar-refractivity contribution in [3.05, 3.63) is 71.8 Å². The van der Waals surface area contributed by atoms with Gasteiger partial charge in [-0.3, -0.25) is 4.79 Å². The molecule has 1 heterocycles.